The van der Waals surface area contributed by atoms with Crippen molar-refractivity contribution in [2.75, 3.05) is 44.6 Å². The second-order valence-electron chi connectivity index (χ2n) is 11.7. The van der Waals surface area contributed by atoms with Crippen molar-refractivity contribution in [3.8, 4) is 5.75 Å². The number of carbonyl (C=O) groups is 1. The van der Waals surface area contributed by atoms with Crippen molar-refractivity contribution in [1.82, 2.24) is 14.9 Å². The fourth-order valence-electron chi connectivity index (χ4n) is 6.34. The summed E-state index contributed by atoms with van der Waals surface area (Å²) < 4.78 is 65.5. The molecule has 48 heavy (non-hydrogen) atoms. The Labute approximate surface area is 280 Å². The average molecular weight is 690 g/mol. The van der Waals surface area contributed by atoms with E-state index in [-0.39, 0.29) is 29.6 Å². The van der Waals surface area contributed by atoms with Gasteiger partial charge >= 0.3 is 6.18 Å². The number of benzene rings is 2. The van der Waals surface area contributed by atoms with E-state index in [0.29, 0.717) is 49.5 Å². The van der Waals surface area contributed by atoms with Crippen molar-refractivity contribution in [1.29, 1.82) is 0 Å². The Balaban J connectivity index is 1.43. The summed E-state index contributed by atoms with van der Waals surface area (Å²) in [6.45, 7) is 7.92. The summed E-state index contributed by atoms with van der Waals surface area (Å²) in [4.78, 5) is 23.2. The minimum atomic E-state index is -4.75. The molecule has 5 rings (SSSR count). The van der Waals surface area contributed by atoms with Gasteiger partial charge in [0.1, 0.15) is 17.1 Å². The molecule has 2 aliphatic rings. The van der Waals surface area contributed by atoms with E-state index >= 15 is 0 Å². The van der Waals surface area contributed by atoms with Crippen LogP contribution in [0.15, 0.2) is 36.5 Å². The van der Waals surface area contributed by atoms with E-state index in [9.17, 15) is 18.0 Å². The molecule has 0 bridgehead atoms. The van der Waals surface area contributed by atoms with Crippen LogP contribution in [0.2, 0.25) is 0 Å². The van der Waals surface area contributed by atoms with Crippen LogP contribution in [0.5, 0.6) is 5.75 Å². The molecule has 0 saturated heterocycles. The second kappa shape index (κ2) is 15.8. The van der Waals surface area contributed by atoms with Crippen LogP contribution in [-0.4, -0.2) is 60.9 Å². The number of fused-ring (bicyclic) bond motifs is 1. The highest BCUT2D eigenvalue weighted by Gasteiger charge is 2.37. The van der Waals surface area contributed by atoms with Crippen molar-refractivity contribution in [3.05, 3.63) is 64.3 Å². The molecule has 0 unspecified atom stereocenters. The first-order chi connectivity index (χ1) is 23.1. The van der Waals surface area contributed by atoms with Gasteiger partial charge in [-0.1, -0.05) is 12.1 Å². The minimum absolute atomic E-state index is 0.0785. The maximum Gasteiger partial charge on any atom is 0.421 e. The SMILES string of the molecule is CCOC1CCC(c2ccc(Nc3nc(Nc4ccc(CP(OCC)OCC)cc4OC)ncc3C(F)(F)F)c3c2CN(C)C3=O)CC1. The van der Waals surface area contributed by atoms with Crippen molar-refractivity contribution in [2.24, 2.45) is 0 Å². The second-order valence-corrected chi connectivity index (χ2v) is 13.2. The number of hydrogen-bond acceptors (Lipinski definition) is 9. The van der Waals surface area contributed by atoms with E-state index in [1.165, 1.54) is 7.11 Å². The van der Waals surface area contributed by atoms with Gasteiger partial charge in [0, 0.05) is 32.6 Å². The molecule has 1 fully saturated rings. The number of rotatable bonds is 14. The van der Waals surface area contributed by atoms with E-state index in [2.05, 4.69) is 20.6 Å². The van der Waals surface area contributed by atoms with Crippen LogP contribution in [0.3, 0.4) is 0 Å². The summed E-state index contributed by atoms with van der Waals surface area (Å²) in [6.07, 6.45) is 0.466. The van der Waals surface area contributed by atoms with Crippen LogP contribution in [0.25, 0.3) is 0 Å². The standard InChI is InChI=1S/C34H43F3N5O5P/c1-6-45-23-12-10-22(11-13-23)24-14-16-28(30-25(24)19-42(4)32(30)43)39-31-26(34(35,36)37)18-38-33(41-31)40-27-15-9-21(17-29(27)44-5)20-48(46-7-2)47-8-3/h9,14-18,22-23H,6-8,10-13,19-20H2,1-5H3,(H2,38,39,40,41). The number of halogens is 3. The van der Waals surface area contributed by atoms with Crippen LogP contribution >= 0.6 is 8.38 Å². The van der Waals surface area contributed by atoms with Crippen LogP contribution in [-0.2, 0) is 32.7 Å². The zero-order valence-electron chi connectivity index (χ0n) is 27.9. The Bertz CT molecular complexity index is 1580. The summed E-state index contributed by atoms with van der Waals surface area (Å²) in [5.41, 5.74) is 2.87. The molecule has 260 valence electrons. The highest BCUT2D eigenvalue weighted by atomic mass is 31.2. The third kappa shape index (κ3) is 8.19. The van der Waals surface area contributed by atoms with Gasteiger partial charge in [0.05, 0.1) is 43.4 Å². The maximum atomic E-state index is 14.2. The van der Waals surface area contributed by atoms with Gasteiger partial charge in [0.25, 0.3) is 5.91 Å². The molecule has 1 aromatic heterocycles. The number of hydrogen-bond donors (Lipinski definition) is 2. The molecule has 1 aliphatic carbocycles. The molecule has 3 aromatic rings. The number of carbonyl (C=O) groups excluding carboxylic acids is 1. The topological polar surface area (TPSA) is 107 Å². The van der Waals surface area contributed by atoms with Crippen molar-refractivity contribution >= 4 is 37.4 Å². The Hall–Kier alpha value is -3.51. The smallest absolute Gasteiger partial charge is 0.421 e. The molecule has 0 spiro atoms. The first-order valence-corrected chi connectivity index (χ1v) is 17.6. The fraction of sp³-hybridized carbons (Fsp3) is 0.500. The highest BCUT2D eigenvalue weighted by Crippen LogP contribution is 2.44. The van der Waals surface area contributed by atoms with Crippen LogP contribution in [0, 0.1) is 0 Å². The first kappa shape index (κ1) is 35.8. The quantitative estimate of drug-likeness (QED) is 0.161. The normalized spacial score (nSPS) is 17.9. The molecule has 2 aromatic carbocycles. The number of aromatic nitrogens is 2. The molecule has 2 heterocycles. The molecule has 10 nitrogen and oxygen atoms in total. The van der Waals surface area contributed by atoms with E-state index in [1.54, 1.807) is 24.1 Å². The van der Waals surface area contributed by atoms with Crippen molar-refractivity contribution in [2.45, 2.75) is 77.4 Å². The fourth-order valence-corrected chi connectivity index (χ4v) is 7.66. The summed E-state index contributed by atoms with van der Waals surface area (Å²) in [5.74, 6) is -0.100. The lowest BCUT2D eigenvalue weighted by Crippen LogP contribution is -2.21. The lowest BCUT2D eigenvalue weighted by atomic mass is 9.80. The minimum Gasteiger partial charge on any atom is -0.495 e. The molecule has 0 atom stereocenters. The van der Waals surface area contributed by atoms with Gasteiger partial charge in [-0.25, -0.2) is 4.98 Å². The molecule has 2 N–H and O–H groups in total. The number of methoxy groups -OCH3 is 1. The zero-order chi connectivity index (χ0) is 34.4. The number of nitrogens with one attached hydrogen (secondary N) is 2. The van der Waals surface area contributed by atoms with Gasteiger partial charge in [-0.15, -0.1) is 0 Å². The van der Waals surface area contributed by atoms with Gasteiger partial charge < -0.3 is 34.1 Å². The maximum absolute atomic E-state index is 14.2. The number of nitrogens with zero attached hydrogens (tertiary/aromatic N) is 3. The van der Waals surface area contributed by atoms with Gasteiger partial charge in [-0.2, -0.15) is 18.2 Å². The molecular formula is C34H43F3N5O5P. The van der Waals surface area contributed by atoms with Gasteiger partial charge in [0.15, 0.2) is 8.38 Å². The lowest BCUT2D eigenvalue weighted by Gasteiger charge is -2.30. The Kier molecular flexibility index (Phi) is 11.8. The first-order valence-electron chi connectivity index (χ1n) is 16.3. The Morgan fingerprint density at radius 3 is 2.33 bits per heavy atom. The molecule has 1 saturated carbocycles. The molecule has 1 aliphatic heterocycles. The average Bonchev–Trinajstić information content (AvgIpc) is 3.36. The third-order valence-electron chi connectivity index (χ3n) is 8.54. The molecule has 14 heteroatoms. The molecular weight excluding hydrogens is 646 g/mol. The summed E-state index contributed by atoms with van der Waals surface area (Å²) in [6, 6.07) is 9.04. The van der Waals surface area contributed by atoms with Gasteiger partial charge in [0.2, 0.25) is 5.95 Å². The molecule has 1 amide bonds. The van der Waals surface area contributed by atoms with Gasteiger partial charge in [-0.05, 0) is 87.3 Å². The van der Waals surface area contributed by atoms with E-state index in [1.807, 2.05) is 39.0 Å². The largest absolute Gasteiger partial charge is 0.495 e. The van der Waals surface area contributed by atoms with Gasteiger partial charge in [-0.3, -0.25) is 4.79 Å². The molecule has 0 radical (unpaired) electrons. The van der Waals surface area contributed by atoms with Crippen molar-refractivity contribution < 1.29 is 36.5 Å². The predicted molar refractivity (Wildman–Crippen MR) is 179 cm³/mol. The van der Waals surface area contributed by atoms with E-state index in [0.717, 1.165) is 48.6 Å². The predicted octanol–water partition coefficient (Wildman–Crippen LogP) is 8.52. The highest BCUT2D eigenvalue weighted by molar-refractivity contribution is 7.46. The number of ether oxygens (including phenoxy) is 2. The Morgan fingerprint density at radius 2 is 1.69 bits per heavy atom. The monoisotopic (exact) mass is 689 g/mol. The van der Waals surface area contributed by atoms with Crippen LogP contribution < -0.4 is 15.4 Å². The summed E-state index contributed by atoms with van der Waals surface area (Å²) in [5, 5.41) is 5.85. The lowest BCUT2D eigenvalue weighted by molar-refractivity contribution is -0.137. The Morgan fingerprint density at radius 1 is 0.979 bits per heavy atom. The number of amides is 1. The number of alkyl halides is 3. The van der Waals surface area contributed by atoms with E-state index < -0.39 is 25.9 Å². The third-order valence-corrected chi connectivity index (χ3v) is 10.3. The summed E-state index contributed by atoms with van der Waals surface area (Å²) >= 11 is 0. The zero-order valence-corrected chi connectivity index (χ0v) is 28.8. The van der Waals surface area contributed by atoms with Crippen LogP contribution in [0.1, 0.15) is 85.0 Å². The van der Waals surface area contributed by atoms with Crippen molar-refractivity contribution in [3.63, 3.8) is 0 Å². The summed E-state index contributed by atoms with van der Waals surface area (Å²) in [7, 11) is 2.08. The van der Waals surface area contributed by atoms with Crippen LogP contribution in [0.4, 0.5) is 36.3 Å². The van der Waals surface area contributed by atoms with E-state index in [4.69, 9.17) is 18.5 Å². The number of anilines is 4.